The number of rotatable bonds is 4. The van der Waals surface area contributed by atoms with Gasteiger partial charge in [0.05, 0.1) is 12.5 Å². The highest BCUT2D eigenvalue weighted by Gasteiger charge is 2.30. The monoisotopic (exact) mass is 266 g/mol. The Labute approximate surface area is 111 Å². The van der Waals surface area contributed by atoms with Gasteiger partial charge < -0.3 is 10.4 Å². The molecule has 7 nitrogen and oxygen atoms in total. The molecule has 1 fully saturated rings. The Morgan fingerprint density at radius 3 is 2.84 bits per heavy atom. The van der Waals surface area contributed by atoms with Gasteiger partial charge in [-0.15, -0.1) is 0 Å². The Kier molecular flexibility index (Phi) is 4.13. The molecule has 2 atom stereocenters. The van der Waals surface area contributed by atoms with Crippen molar-refractivity contribution < 1.29 is 14.7 Å². The number of aromatic nitrogens is 3. The summed E-state index contributed by atoms with van der Waals surface area (Å²) in [6.45, 7) is 0.286. The van der Waals surface area contributed by atoms with Crippen LogP contribution in [-0.2, 0) is 23.2 Å². The molecular formula is C12H18N4O3. The number of aryl methyl sites for hydroxylation is 1. The fourth-order valence-corrected chi connectivity index (χ4v) is 2.43. The minimum Gasteiger partial charge on any atom is -0.481 e. The van der Waals surface area contributed by atoms with Crippen molar-refractivity contribution in [3.8, 4) is 0 Å². The molecule has 1 amide bonds. The van der Waals surface area contributed by atoms with Crippen molar-refractivity contribution in [1.82, 2.24) is 20.1 Å². The minimum atomic E-state index is -0.802. The molecule has 1 heterocycles. The normalized spacial score (nSPS) is 23.0. The topological polar surface area (TPSA) is 97.1 Å². The molecule has 2 N–H and O–H groups in total. The standard InChI is InChI=1S/C12H18N4O3/c1-16-7-14-10(15-16)6-13-11(17)8-3-2-4-9(5-8)12(18)19/h7-9H,2-6H2,1H3,(H,13,17)(H,18,19). The highest BCUT2D eigenvalue weighted by atomic mass is 16.4. The molecule has 0 spiro atoms. The predicted octanol–water partition coefficient (Wildman–Crippen LogP) is 0.322. The number of hydrogen-bond acceptors (Lipinski definition) is 4. The van der Waals surface area contributed by atoms with Gasteiger partial charge in [0.25, 0.3) is 0 Å². The number of nitrogens with one attached hydrogen (secondary N) is 1. The van der Waals surface area contributed by atoms with Gasteiger partial charge in [0.1, 0.15) is 6.33 Å². The van der Waals surface area contributed by atoms with E-state index in [1.807, 2.05) is 0 Å². The van der Waals surface area contributed by atoms with Gasteiger partial charge in [-0.3, -0.25) is 14.3 Å². The van der Waals surface area contributed by atoms with E-state index in [1.165, 1.54) is 0 Å². The number of carboxylic acid groups (broad SMARTS) is 1. The molecule has 19 heavy (non-hydrogen) atoms. The molecule has 7 heteroatoms. The Balaban J connectivity index is 1.84. The van der Waals surface area contributed by atoms with Gasteiger partial charge in [-0.25, -0.2) is 4.98 Å². The third kappa shape index (κ3) is 3.52. The van der Waals surface area contributed by atoms with Gasteiger partial charge in [0.15, 0.2) is 5.82 Å². The fraction of sp³-hybridized carbons (Fsp3) is 0.667. The number of carbonyl (C=O) groups excluding carboxylic acids is 1. The van der Waals surface area contributed by atoms with E-state index in [0.717, 1.165) is 12.8 Å². The number of nitrogens with zero attached hydrogens (tertiary/aromatic N) is 3. The lowest BCUT2D eigenvalue weighted by Crippen LogP contribution is -2.35. The van der Waals surface area contributed by atoms with Crippen molar-refractivity contribution >= 4 is 11.9 Å². The van der Waals surface area contributed by atoms with E-state index < -0.39 is 11.9 Å². The van der Waals surface area contributed by atoms with Crippen LogP contribution < -0.4 is 5.32 Å². The Morgan fingerprint density at radius 1 is 1.47 bits per heavy atom. The second-order valence-electron chi connectivity index (χ2n) is 4.95. The average Bonchev–Trinajstić information content (AvgIpc) is 2.82. The largest absolute Gasteiger partial charge is 0.481 e. The number of hydrogen-bond donors (Lipinski definition) is 2. The van der Waals surface area contributed by atoms with Gasteiger partial charge in [-0.1, -0.05) is 6.42 Å². The molecular weight excluding hydrogens is 248 g/mol. The van der Waals surface area contributed by atoms with E-state index in [9.17, 15) is 9.59 Å². The lowest BCUT2D eigenvalue weighted by Gasteiger charge is -2.25. The van der Waals surface area contributed by atoms with Gasteiger partial charge >= 0.3 is 5.97 Å². The van der Waals surface area contributed by atoms with Crippen LogP contribution in [0.1, 0.15) is 31.5 Å². The summed E-state index contributed by atoms with van der Waals surface area (Å²) < 4.78 is 1.57. The molecule has 104 valence electrons. The summed E-state index contributed by atoms with van der Waals surface area (Å²) in [5.41, 5.74) is 0. The van der Waals surface area contributed by atoms with Crippen molar-refractivity contribution in [3.63, 3.8) is 0 Å². The van der Waals surface area contributed by atoms with E-state index in [0.29, 0.717) is 18.7 Å². The average molecular weight is 266 g/mol. The summed E-state index contributed by atoms with van der Waals surface area (Å²) in [4.78, 5) is 26.9. The maximum absolute atomic E-state index is 12.0. The van der Waals surface area contributed by atoms with Crippen molar-refractivity contribution in [2.24, 2.45) is 18.9 Å². The zero-order chi connectivity index (χ0) is 13.8. The summed E-state index contributed by atoms with van der Waals surface area (Å²) in [5.74, 6) is -0.945. The first-order chi connectivity index (χ1) is 9.06. The molecule has 1 saturated carbocycles. The fourth-order valence-electron chi connectivity index (χ4n) is 2.43. The molecule has 1 aromatic heterocycles. The van der Waals surface area contributed by atoms with Gasteiger partial charge in [-0.05, 0) is 19.3 Å². The van der Waals surface area contributed by atoms with E-state index >= 15 is 0 Å². The third-order valence-electron chi connectivity index (χ3n) is 3.46. The summed E-state index contributed by atoms with van der Waals surface area (Å²) in [5, 5.41) is 15.8. The van der Waals surface area contributed by atoms with Crippen LogP contribution in [0.5, 0.6) is 0 Å². The highest BCUT2D eigenvalue weighted by Crippen LogP contribution is 2.29. The molecule has 1 aromatic rings. The Hall–Kier alpha value is -1.92. The van der Waals surface area contributed by atoms with Crippen LogP contribution in [0.2, 0.25) is 0 Å². The van der Waals surface area contributed by atoms with E-state index in [2.05, 4.69) is 15.4 Å². The second kappa shape index (κ2) is 5.81. The molecule has 0 aromatic carbocycles. The molecule has 1 aliphatic rings. The quantitative estimate of drug-likeness (QED) is 0.818. The summed E-state index contributed by atoms with van der Waals surface area (Å²) >= 11 is 0. The van der Waals surface area contributed by atoms with Crippen molar-refractivity contribution in [1.29, 1.82) is 0 Å². The highest BCUT2D eigenvalue weighted by molar-refractivity contribution is 5.80. The number of carbonyl (C=O) groups is 2. The number of aliphatic carboxylic acids is 1. The zero-order valence-electron chi connectivity index (χ0n) is 10.9. The molecule has 0 aliphatic heterocycles. The van der Waals surface area contributed by atoms with Crippen molar-refractivity contribution in [2.45, 2.75) is 32.2 Å². The summed E-state index contributed by atoms with van der Waals surface area (Å²) in [7, 11) is 1.76. The van der Waals surface area contributed by atoms with Crippen LogP contribution in [0.3, 0.4) is 0 Å². The molecule has 0 bridgehead atoms. The Bertz CT molecular complexity index is 471. The Morgan fingerprint density at radius 2 is 2.21 bits per heavy atom. The lowest BCUT2D eigenvalue weighted by molar-refractivity contribution is -0.144. The molecule has 0 radical (unpaired) electrons. The predicted molar refractivity (Wildman–Crippen MR) is 65.9 cm³/mol. The smallest absolute Gasteiger partial charge is 0.306 e. The van der Waals surface area contributed by atoms with Crippen LogP contribution in [0.25, 0.3) is 0 Å². The van der Waals surface area contributed by atoms with Gasteiger partial charge in [0, 0.05) is 13.0 Å². The zero-order valence-corrected chi connectivity index (χ0v) is 10.9. The molecule has 2 rings (SSSR count). The third-order valence-corrected chi connectivity index (χ3v) is 3.46. The van der Waals surface area contributed by atoms with E-state index in [1.54, 1.807) is 18.1 Å². The van der Waals surface area contributed by atoms with Crippen molar-refractivity contribution in [2.75, 3.05) is 0 Å². The second-order valence-corrected chi connectivity index (χ2v) is 4.95. The maximum atomic E-state index is 12.0. The van der Waals surface area contributed by atoms with E-state index in [4.69, 9.17) is 5.11 Å². The number of carboxylic acids is 1. The summed E-state index contributed by atoms with van der Waals surface area (Å²) in [6.07, 6.45) is 4.21. The van der Waals surface area contributed by atoms with Crippen LogP contribution >= 0.6 is 0 Å². The van der Waals surface area contributed by atoms with Crippen LogP contribution in [0.15, 0.2) is 6.33 Å². The maximum Gasteiger partial charge on any atom is 0.306 e. The van der Waals surface area contributed by atoms with E-state index in [-0.39, 0.29) is 18.4 Å². The number of amides is 1. The first kappa shape index (κ1) is 13.5. The van der Waals surface area contributed by atoms with Crippen LogP contribution in [0.4, 0.5) is 0 Å². The van der Waals surface area contributed by atoms with Gasteiger partial charge in [-0.2, -0.15) is 5.10 Å². The SMILES string of the molecule is Cn1cnc(CNC(=O)C2CCCC(C(=O)O)C2)n1. The molecule has 1 aliphatic carbocycles. The van der Waals surface area contributed by atoms with Gasteiger partial charge in [0.2, 0.25) is 5.91 Å². The van der Waals surface area contributed by atoms with Crippen LogP contribution in [-0.4, -0.2) is 31.7 Å². The minimum absolute atomic E-state index is 0.0987. The van der Waals surface area contributed by atoms with Crippen LogP contribution in [0, 0.1) is 11.8 Å². The van der Waals surface area contributed by atoms with Crippen molar-refractivity contribution in [3.05, 3.63) is 12.2 Å². The molecule has 2 unspecified atom stereocenters. The first-order valence-electron chi connectivity index (χ1n) is 6.41. The molecule has 0 saturated heterocycles. The first-order valence-corrected chi connectivity index (χ1v) is 6.41. The lowest BCUT2D eigenvalue weighted by atomic mass is 9.81. The summed E-state index contributed by atoms with van der Waals surface area (Å²) in [6, 6.07) is 0.